The van der Waals surface area contributed by atoms with Gasteiger partial charge in [-0.1, -0.05) is 19.1 Å². The lowest BCUT2D eigenvalue weighted by atomic mass is 10.2. The summed E-state index contributed by atoms with van der Waals surface area (Å²) < 4.78 is 24.0. The minimum absolute atomic E-state index is 0.280. The van der Waals surface area contributed by atoms with Crippen molar-refractivity contribution in [2.24, 2.45) is 0 Å². The molecule has 0 aromatic heterocycles. The van der Waals surface area contributed by atoms with Gasteiger partial charge in [0.15, 0.2) is 9.84 Å². The summed E-state index contributed by atoms with van der Waals surface area (Å²) >= 11 is 0. The molecule has 1 atom stereocenters. The van der Waals surface area contributed by atoms with Crippen LogP contribution in [0.5, 0.6) is 0 Å². The first-order valence-corrected chi connectivity index (χ1v) is 6.27. The standard InChI is InChI=1S/C10H13NO2S/c1-2-8-7-11-9-5-3-4-6-10(9)14(8,12)13/h3-6,8,11H,2,7H2,1H3. The van der Waals surface area contributed by atoms with Crippen LogP contribution >= 0.6 is 0 Å². The second-order valence-corrected chi connectivity index (χ2v) is 5.65. The summed E-state index contributed by atoms with van der Waals surface area (Å²) in [7, 11) is -3.10. The highest BCUT2D eigenvalue weighted by atomic mass is 32.2. The monoisotopic (exact) mass is 211 g/mol. The average Bonchev–Trinajstić information content (AvgIpc) is 2.18. The summed E-state index contributed by atoms with van der Waals surface area (Å²) in [6, 6.07) is 7.07. The molecule has 1 aromatic rings. The molecule has 0 saturated heterocycles. The highest BCUT2D eigenvalue weighted by molar-refractivity contribution is 7.92. The van der Waals surface area contributed by atoms with Gasteiger partial charge in [-0.3, -0.25) is 0 Å². The van der Waals surface area contributed by atoms with Crippen molar-refractivity contribution in [3.63, 3.8) is 0 Å². The first kappa shape index (κ1) is 9.52. The summed E-state index contributed by atoms with van der Waals surface area (Å²) in [5.41, 5.74) is 0.734. The minimum Gasteiger partial charge on any atom is -0.383 e. The van der Waals surface area contributed by atoms with Gasteiger partial charge >= 0.3 is 0 Å². The molecule has 0 fully saturated rings. The molecule has 1 heterocycles. The zero-order valence-electron chi connectivity index (χ0n) is 8.03. The SMILES string of the molecule is CCC1CNc2ccccc2S1(=O)=O. The number of benzene rings is 1. The Bertz CT molecular complexity index is 439. The maximum absolute atomic E-state index is 12.0. The Hall–Kier alpha value is -1.03. The molecule has 1 aromatic carbocycles. The first-order chi connectivity index (χ1) is 6.66. The molecule has 0 spiro atoms. The largest absolute Gasteiger partial charge is 0.383 e. The van der Waals surface area contributed by atoms with Gasteiger partial charge in [-0.2, -0.15) is 0 Å². The van der Waals surface area contributed by atoms with Crippen molar-refractivity contribution >= 4 is 15.5 Å². The van der Waals surface area contributed by atoms with Gasteiger partial charge in [0.25, 0.3) is 0 Å². The number of rotatable bonds is 1. The van der Waals surface area contributed by atoms with Crippen molar-refractivity contribution in [3.05, 3.63) is 24.3 Å². The Labute approximate surface area is 84.1 Å². The van der Waals surface area contributed by atoms with Crippen molar-refractivity contribution in [2.75, 3.05) is 11.9 Å². The molecular formula is C10H13NO2S. The molecule has 0 saturated carbocycles. The number of anilines is 1. The van der Waals surface area contributed by atoms with Gasteiger partial charge in [0.2, 0.25) is 0 Å². The predicted octanol–water partition coefficient (Wildman–Crippen LogP) is 1.66. The van der Waals surface area contributed by atoms with Gasteiger partial charge in [-0.25, -0.2) is 8.42 Å². The fourth-order valence-corrected chi connectivity index (χ4v) is 3.55. The molecule has 2 rings (SSSR count). The molecule has 0 amide bonds. The average molecular weight is 211 g/mol. The van der Waals surface area contributed by atoms with Crippen LogP contribution in [0.1, 0.15) is 13.3 Å². The van der Waals surface area contributed by atoms with Crippen molar-refractivity contribution in [1.82, 2.24) is 0 Å². The highest BCUT2D eigenvalue weighted by Crippen LogP contribution is 2.30. The van der Waals surface area contributed by atoms with E-state index in [9.17, 15) is 8.42 Å². The molecule has 1 aliphatic heterocycles. The van der Waals surface area contributed by atoms with Crippen LogP contribution in [-0.4, -0.2) is 20.2 Å². The van der Waals surface area contributed by atoms with Crippen LogP contribution in [0.15, 0.2) is 29.2 Å². The lowest BCUT2D eigenvalue weighted by Gasteiger charge is -2.25. The van der Waals surface area contributed by atoms with E-state index in [0.29, 0.717) is 17.9 Å². The summed E-state index contributed by atoms with van der Waals surface area (Å²) in [6.45, 7) is 2.42. The number of para-hydroxylation sites is 1. The lowest BCUT2D eigenvalue weighted by Crippen LogP contribution is -2.33. The van der Waals surface area contributed by atoms with Crippen molar-refractivity contribution in [1.29, 1.82) is 0 Å². The summed E-state index contributed by atoms with van der Waals surface area (Å²) in [5.74, 6) is 0. The van der Waals surface area contributed by atoms with Crippen LogP contribution in [0.2, 0.25) is 0 Å². The maximum Gasteiger partial charge on any atom is 0.184 e. The van der Waals surface area contributed by atoms with E-state index in [2.05, 4.69) is 5.32 Å². The molecule has 14 heavy (non-hydrogen) atoms. The van der Waals surface area contributed by atoms with Gasteiger partial charge in [0, 0.05) is 6.54 Å². The van der Waals surface area contributed by atoms with Gasteiger partial charge in [-0.15, -0.1) is 0 Å². The fraction of sp³-hybridized carbons (Fsp3) is 0.400. The quantitative estimate of drug-likeness (QED) is 0.768. The number of fused-ring (bicyclic) bond motifs is 1. The summed E-state index contributed by atoms with van der Waals surface area (Å²) in [5, 5.41) is 2.86. The lowest BCUT2D eigenvalue weighted by molar-refractivity contribution is 0.574. The van der Waals surface area contributed by atoms with E-state index in [-0.39, 0.29) is 5.25 Å². The number of hydrogen-bond acceptors (Lipinski definition) is 3. The van der Waals surface area contributed by atoms with Crippen LogP contribution in [-0.2, 0) is 9.84 Å². The molecule has 0 aliphatic carbocycles. The smallest absolute Gasteiger partial charge is 0.184 e. The second kappa shape index (κ2) is 3.28. The van der Waals surface area contributed by atoms with Crippen LogP contribution in [0.25, 0.3) is 0 Å². The van der Waals surface area contributed by atoms with Gasteiger partial charge in [0.05, 0.1) is 15.8 Å². The molecule has 1 aliphatic rings. The van der Waals surface area contributed by atoms with Crippen molar-refractivity contribution < 1.29 is 8.42 Å². The number of hydrogen-bond donors (Lipinski definition) is 1. The first-order valence-electron chi connectivity index (χ1n) is 4.73. The second-order valence-electron chi connectivity index (χ2n) is 3.45. The summed E-state index contributed by atoms with van der Waals surface area (Å²) in [4.78, 5) is 0.443. The van der Waals surface area contributed by atoms with Crippen LogP contribution < -0.4 is 5.32 Å². The molecule has 0 bridgehead atoms. The molecule has 1 unspecified atom stereocenters. The molecule has 3 nitrogen and oxygen atoms in total. The molecular weight excluding hydrogens is 198 g/mol. The zero-order valence-corrected chi connectivity index (χ0v) is 8.84. The normalized spacial score (nSPS) is 23.6. The van der Waals surface area contributed by atoms with E-state index >= 15 is 0 Å². The third-order valence-corrected chi connectivity index (χ3v) is 4.95. The Morgan fingerprint density at radius 3 is 2.86 bits per heavy atom. The molecule has 1 N–H and O–H groups in total. The Morgan fingerprint density at radius 2 is 2.14 bits per heavy atom. The number of nitrogens with one attached hydrogen (secondary N) is 1. The van der Waals surface area contributed by atoms with Crippen LogP contribution in [0.4, 0.5) is 5.69 Å². The zero-order chi connectivity index (χ0) is 10.2. The van der Waals surface area contributed by atoms with Crippen molar-refractivity contribution in [2.45, 2.75) is 23.5 Å². The Balaban J connectivity index is 2.58. The Kier molecular flexibility index (Phi) is 2.23. The van der Waals surface area contributed by atoms with E-state index in [1.807, 2.05) is 13.0 Å². The van der Waals surface area contributed by atoms with Crippen LogP contribution in [0, 0.1) is 0 Å². The van der Waals surface area contributed by atoms with Crippen LogP contribution in [0.3, 0.4) is 0 Å². The van der Waals surface area contributed by atoms with Crippen molar-refractivity contribution in [3.8, 4) is 0 Å². The third kappa shape index (κ3) is 1.30. The Morgan fingerprint density at radius 1 is 1.43 bits per heavy atom. The summed E-state index contributed by atoms with van der Waals surface area (Å²) in [6.07, 6.45) is 0.656. The topological polar surface area (TPSA) is 46.2 Å². The van der Waals surface area contributed by atoms with E-state index in [1.165, 1.54) is 0 Å². The van der Waals surface area contributed by atoms with E-state index in [0.717, 1.165) is 5.69 Å². The molecule has 0 radical (unpaired) electrons. The van der Waals surface area contributed by atoms with Gasteiger partial charge < -0.3 is 5.32 Å². The highest BCUT2D eigenvalue weighted by Gasteiger charge is 2.31. The molecule has 76 valence electrons. The number of sulfone groups is 1. The predicted molar refractivity (Wildman–Crippen MR) is 56.2 cm³/mol. The maximum atomic E-state index is 12.0. The van der Waals surface area contributed by atoms with Gasteiger partial charge in [0.1, 0.15) is 0 Å². The van der Waals surface area contributed by atoms with E-state index in [1.54, 1.807) is 18.2 Å². The third-order valence-electron chi connectivity index (χ3n) is 2.61. The molecule has 4 heteroatoms. The van der Waals surface area contributed by atoms with E-state index < -0.39 is 9.84 Å². The van der Waals surface area contributed by atoms with Gasteiger partial charge in [-0.05, 0) is 18.6 Å². The fourth-order valence-electron chi connectivity index (χ4n) is 1.74. The van der Waals surface area contributed by atoms with E-state index in [4.69, 9.17) is 0 Å². The minimum atomic E-state index is -3.10.